The van der Waals surface area contributed by atoms with Crippen LogP contribution in [0.1, 0.15) is 398 Å². The molecule has 25 heteroatoms. The lowest BCUT2D eigenvalue weighted by Gasteiger charge is -2.48. The highest BCUT2D eigenvalue weighted by molar-refractivity contribution is 7.90. The number of pyridine rings is 1. The van der Waals surface area contributed by atoms with E-state index in [0.29, 0.717) is 54.8 Å². The zero-order valence-corrected chi connectivity index (χ0v) is 85.4. The Kier molecular flexibility index (Phi) is 50.0. The summed E-state index contributed by atoms with van der Waals surface area (Å²) in [6.45, 7) is 43.0. The molecule has 129 heavy (non-hydrogen) atoms. The van der Waals surface area contributed by atoms with E-state index in [9.17, 15) is 39.6 Å². The van der Waals surface area contributed by atoms with E-state index < -0.39 is 48.2 Å². The minimum atomic E-state index is -3.63. The van der Waals surface area contributed by atoms with Crippen LogP contribution in [-0.4, -0.2) is 123 Å². The summed E-state index contributed by atoms with van der Waals surface area (Å²) >= 11 is 0. The maximum atomic E-state index is 12.4. The van der Waals surface area contributed by atoms with Gasteiger partial charge in [-0.15, -0.1) is 0 Å². The molecule has 6 amide bonds. The summed E-state index contributed by atoms with van der Waals surface area (Å²) in [6.07, 6.45) is 49.9. The number of anilines is 8. The third-order valence-electron chi connectivity index (χ3n) is 25.8. The van der Waals surface area contributed by atoms with E-state index in [2.05, 4.69) is 180 Å². The van der Waals surface area contributed by atoms with Gasteiger partial charge in [0.15, 0.2) is 0 Å². The normalized spacial score (nSPS) is 15.5. The van der Waals surface area contributed by atoms with Gasteiger partial charge in [-0.2, -0.15) is 0 Å². The summed E-state index contributed by atoms with van der Waals surface area (Å²) in [5, 5.41) is 11.8. The van der Waals surface area contributed by atoms with Crippen molar-refractivity contribution in [3.63, 3.8) is 0 Å². The minimum absolute atomic E-state index is 0.00515. The van der Waals surface area contributed by atoms with Crippen molar-refractivity contribution in [2.24, 2.45) is 0 Å². The molecule has 0 saturated heterocycles. The van der Waals surface area contributed by atoms with Gasteiger partial charge in [-0.3, -0.25) is 4.98 Å². The van der Waals surface area contributed by atoms with Gasteiger partial charge in [-0.25, -0.2) is 53.8 Å². The quantitative estimate of drug-likeness (QED) is 0.0178. The highest BCUT2D eigenvalue weighted by atomic mass is 32.2. The first-order valence-electron chi connectivity index (χ1n) is 50.6. The molecule has 4 aliphatic heterocycles. The monoisotopic (exact) mass is 1850 g/mol. The average Bonchev–Trinajstić information content (AvgIpc) is 1.09. The Bertz CT molecular complexity index is 4470. The second-order valence-corrected chi connectivity index (χ2v) is 43.8. The second-order valence-electron chi connectivity index (χ2n) is 38.3. The van der Waals surface area contributed by atoms with Crippen molar-refractivity contribution in [3.8, 4) is 5.75 Å². The summed E-state index contributed by atoms with van der Waals surface area (Å²) in [6, 6.07) is 20.9. The van der Waals surface area contributed by atoms with Crippen molar-refractivity contribution >= 4 is 93.7 Å². The Balaban J connectivity index is 0.000000267. The van der Waals surface area contributed by atoms with Gasteiger partial charge in [0.05, 0.1) is 29.6 Å². The van der Waals surface area contributed by atoms with Crippen LogP contribution in [0.25, 0.3) is 0 Å². The molecule has 0 saturated carbocycles. The molecule has 5 heterocycles. The first-order valence-corrected chi connectivity index (χ1v) is 55.6. The number of fused-ring (bicyclic) bond motifs is 4. The molecular weight excluding hydrogens is 1670 g/mol. The van der Waals surface area contributed by atoms with Crippen LogP contribution >= 0.6 is 0 Å². The molecule has 0 radical (unpaired) electrons. The zero-order chi connectivity index (χ0) is 94.3. The molecule has 2 atom stereocenters. The fraction of sp³-hybridized carbons (Fsp3) is 0.692. The van der Waals surface area contributed by atoms with Gasteiger partial charge in [-0.1, -0.05) is 242 Å². The third kappa shape index (κ3) is 39.7. The highest BCUT2D eigenvalue weighted by Gasteiger charge is 2.39. The number of carbonyl (C=O) groups excluding carboxylic acids is 3. The Hall–Kier alpha value is -7.51. The maximum absolute atomic E-state index is 12.4. The van der Waals surface area contributed by atoms with Gasteiger partial charge in [-0.05, 0) is 243 Å². The first-order chi connectivity index (χ1) is 61.8. The van der Waals surface area contributed by atoms with Gasteiger partial charge in [0, 0.05) is 115 Å². The summed E-state index contributed by atoms with van der Waals surface area (Å²) in [7, 11) is -10.9. The molecule has 2 unspecified atom stereocenters. The number of nitrogens with zero attached hydrogens (tertiary/aromatic N) is 5. The zero-order valence-electron chi connectivity index (χ0n) is 83.0. The van der Waals surface area contributed by atoms with E-state index in [1.807, 2.05) is 69.6 Å². The largest absolute Gasteiger partial charge is 0.492 e. The summed E-state index contributed by atoms with van der Waals surface area (Å²) < 4.78 is 86.2. The van der Waals surface area contributed by atoms with Crippen molar-refractivity contribution in [3.05, 3.63) is 118 Å². The number of hydrogen-bond acceptors (Lipinski definition) is 16. The number of rotatable bonds is 53. The van der Waals surface area contributed by atoms with E-state index in [1.165, 1.54) is 185 Å². The van der Waals surface area contributed by atoms with Crippen LogP contribution in [0.3, 0.4) is 0 Å². The Morgan fingerprint density at radius 2 is 0.806 bits per heavy atom. The topological polar surface area (TPSA) is 273 Å². The second kappa shape index (κ2) is 58.5. The van der Waals surface area contributed by atoms with Crippen LogP contribution in [-0.2, 0) is 49.5 Å². The Labute approximate surface area is 783 Å². The molecule has 0 aliphatic carbocycles. The minimum Gasteiger partial charge on any atom is -0.492 e. The summed E-state index contributed by atoms with van der Waals surface area (Å²) in [5.74, 6) is 1.78. The number of aromatic nitrogens is 1. The number of nitrogens with one attached hydrogen (secondary N) is 7. The maximum Gasteiger partial charge on any atom is 0.332 e. The van der Waals surface area contributed by atoms with Gasteiger partial charge in [0.2, 0.25) is 30.1 Å². The van der Waals surface area contributed by atoms with E-state index >= 15 is 0 Å². The van der Waals surface area contributed by atoms with Gasteiger partial charge >= 0.3 is 18.1 Å². The standard InChI is InChI=1S/C31H55N3O3S.C26H45N3O3S.C24H41N3O3S.C23H33N3O/c1-3-5-7-9-11-13-14-16-18-20-26-38(36,37)33-31(35)32-29-21-22-30-28(27-29)23-25-34(30)24-19-17-15-12-10-8-6-4-2;1-4-6-8-10-11-15-19-33(31,32)28-26(30)27-24-21-23-16-12-14-18-29(17-13-9-7-5-2)25(23)20-22(24)3;1-7-9-11-12-14-31(29,30)26-23(28)25-21-16-20-19(4)17-24(5,6)27(13-10-8-2)22(20)15-18(21)3;1-6-12-26-21-14-22(27-7-2)20(25-16-18-8-10-24-11-9-18)13-19(21)17(3)15-23(26,4)5/h21-22,27H,3-20,23-26H2,1-2H3,(H2,32,33,35);20-21H,4-19H2,1-3H3,(H2,27,28,30);15-16,19H,7-14,17H2,1-6H3,(H2,25,26,28);8-11,13-14,17,25H,6-7,12,15-16H2,1-5H3. The fourth-order valence-corrected chi connectivity index (χ4v) is 21.7. The Morgan fingerprint density at radius 1 is 0.403 bits per heavy atom. The number of aryl methyl sites for hydroxylation is 3. The highest BCUT2D eigenvalue weighted by Crippen LogP contribution is 2.49. The summed E-state index contributed by atoms with van der Waals surface area (Å²) in [5.41, 5.74) is 16.6. The number of benzene rings is 4. The lowest BCUT2D eigenvalue weighted by molar-refractivity contribution is 0.255. The van der Waals surface area contributed by atoms with Crippen molar-refractivity contribution in [2.45, 2.75) is 403 Å². The lowest BCUT2D eigenvalue weighted by Crippen LogP contribution is -2.48. The molecule has 0 spiro atoms. The van der Waals surface area contributed by atoms with Gasteiger partial charge in [0.1, 0.15) is 5.75 Å². The van der Waals surface area contributed by atoms with Crippen LogP contribution in [0.5, 0.6) is 5.75 Å². The van der Waals surface area contributed by atoms with Gasteiger partial charge in [0.25, 0.3) is 0 Å². The van der Waals surface area contributed by atoms with Crippen molar-refractivity contribution in [1.82, 2.24) is 19.2 Å². The Morgan fingerprint density at radius 3 is 1.29 bits per heavy atom. The molecule has 0 fully saturated rings. The molecule has 22 nitrogen and oxygen atoms in total. The van der Waals surface area contributed by atoms with E-state index in [0.717, 1.165) is 178 Å². The molecule has 7 N–H and O–H groups in total. The molecule has 9 rings (SSSR count). The summed E-state index contributed by atoms with van der Waals surface area (Å²) in [4.78, 5) is 51.3. The van der Waals surface area contributed by atoms with Crippen molar-refractivity contribution in [1.29, 1.82) is 0 Å². The van der Waals surface area contributed by atoms with Crippen LogP contribution in [0.4, 0.5) is 59.9 Å². The molecule has 4 aromatic carbocycles. The van der Waals surface area contributed by atoms with Crippen LogP contribution in [0.15, 0.2) is 79.1 Å². The SMILES string of the molecule is CCCCCCCCCCCCS(=O)(=O)NC(=O)Nc1ccc2c(c1)CCN2CCCCCCCCCC.CCCCCCCCS(=O)(=O)NC(=O)Nc1cc2c(cc1C)N(CCCCCC)CCCC2.CCCCCCS(=O)(=O)NC(=O)Nc1cc2c(cc1C)N(CCCC)C(C)(C)CC2C.CCCN1c2cc(OCC)c(NCc3ccncc3)cc2C(C)CC1(C)C. The molecule has 728 valence electrons. The predicted molar refractivity (Wildman–Crippen MR) is 547 cm³/mol. The molecule has 1 aromatic heterocycles. The number of hydrogen-bond donors (Lipinski definition) is 7. The first kappa shape index (κ1) is 110. The van der Waals surface area contributed by atoms with Gasteiger partial charge < -0.3 is 45.6 Å². The van der Waals surface area contributed by atoms with Crippen LogP contribution in [0.2, 0.25) is 0 Å². The third-order valence-corrected chi connectivity index (χ3v) is 29.7. The van der Waals surface area contributed by atoms with Crippen molar-refractivity contribution in [2.75, 3.05) is 104 Å². The fourth-order valence-electron chi connectivity index (χ4n) is 18.7. The number of carbonyl (C=O) groups is 3. The van der Waals surface area contributed by atoms with E-state index in [1.54, 1.807) is 0 Å². The van der Waals surface area contributed by atoms with E-state index in [4.69, 9.17) is 4.74 Å². The molecular formula is C104H174N12O10S3. The number of unbranched alkanes of at least 4 members (excludes halogenated alkanes) is 28. The predicted octanol–water partition coefficient (Wildman–Crippen LogP) is 26.6. The van der Waals surface area contributed by atoms with Crippen molar-refractivity contribution < 1.29 is 44.4 Å². The number of sulfonamides is 3. The number of ether oxygens (including phenoxy) is 1. The number of urea groups is 3. The molecule has 0 bridgehead atoms. The van der Waals surface area contributed by atoms with E-state index in [-0.39, 0.29) is 28.3 Å². The molecule has 5 aromatic rings. The van der Waals surface area contributed by atoms with Crippen LogP contribution in [0, 0.1) is 13.8 Å². The molecule has 4 aliphatic rings. The lowest BCUT2D eigenvalue weighted by atomic mass is 9.79. The number of amides is 6. The van der Waals surface area contributed by atoms with Crippen LogP contribution < -0.4 is 59.8 Å². The smallest absolute Gasteiger partial charge is 0.332 e. The average molecular weight is 1850 g/mol.